The van der Waals surface area contributed by atoms with Gasteiger partial charge in [-0.2, -0.15) is 0 Å². The molecule has 188 valence electrons. The Morgan fingerprint density at radius 2 is 1.86 bits per heavy atom. The Morgan fingerprint density at radius 1 is 1.14 bits per heavy atom. The van der Waals surface area contributed by atoms with Gasteiger partial charge in [0.1, 0.15) is 16.7 Å². The van der Waals surface area contributed by atoms with Crippen molar-refractivity contribution in [2.75, 3.05) is 6.61 Å². The summed E-state index contributed by atoms with van der Waals surface area (Å²) in [5.74, 6) is -1.52. The van der Waals surface area contributed by atoms with E-state index in [1.807, 2.05) is 24.3 Å². The van der Waals surface area contributed by atoms with Gasteiger partial charge in [-0.15, -0.1) is 11.8 Å². The second-order valence-corrected chi connectivity index (χ2v) is 10.1. The van der Waals surface area contributed by atoms with Crippen LogP contribution in [0.4, 0.5) is 0 Å². The third-order valence-corrected chi connectivity index (χ3v) is 7.26. The van der Waals surface area contributed by atoms with E-state index in [9.17, 15) is 24.3 Å². The zero-order chi connectivity index (χ0) is 26.0. The molecule has 4 rings (SSSR count). The lowest BCUT2D eigenvalue weighted by atomic mass is 10.0. The number of hydrogen-bond acceptors (Lipinski definition) is 7. The van der Waals surface area contributed by atoms with Crippen molar-refractivity contribution >= 4 is 40.5 Å². The molecule has 0 spiro atoms. The molecule has 1 saturated heterocycles. The Morgan fingerprint density at radius 3 is 2.53 bits per heavy atom. The van der Waals surface area contributed by atoms with Crippen LogP contribution in [-0.2, 0) is 14.4 Å². The molecule has 2 atom stereocenters. The van der Waals surface area contributed by atoms with Crippen LogP contribution in [0.15, 0.2) is 57.7 Å². The molecule has 0 saturated carbocycles. The highest BCUT2D eigenvalue weighted by Crippen LogP contribution is 2.43. The highest BCUT2D eigenvalue weighted by atomic mass is 32.2. The molecule has 1 aliphatic heterocycles. The molecule has 0 radical (unpaired) electrons. The molecule has 0 bridgehead atoms. The second-order valence-electron chi connectivity index (χ2n) is 8.83. The van der Waals surface area contributed by atoms with Gasteiger partial charge < -0.3 is 14.3 Å². The number of nitrogens with zero attached hydrogens (tertiary/aromatic N) is 1. The monoisotopic (exact) mass is 510 g/mol. The summed E-state index contributed by atoms with van der Waals surface area (Å²) in [5.41, 5.74) is 5.09. The summed E-state index contributed by atoms with van der Waals surface area (Å²) in [6.07, 6.45) is -0.353. The molecule has 2 N–H and O–H groups in total. The van der Waals surface area contributed by atoms with Gasteiger partial charge in [-0.25, -0.2) is 9.80 Å². The van der Waals surface area contributed by atoms with Gasteiger partial charge >= 0.3 is 11.6 Å². The van der Waals surface area contributed by atoms with Crippen molar-refractivity contribution in [2.24, 2.45) is 0 Å². The lowest BCUT2D eigenvalue weighted by Gasteiger charge is -2.25. The molecule has 9 nitrogen and oxygen atoms in total. The van der Waals surface area contributed by atoms with E-state index in [4.69, 9.17) is 9.15 Å². The van der Waals surface area contributed by atoms with Gasteiger partial charge in [0.2, 0.25) is 0 Å². The minimum Gasteiger partial charge on any atom is -0.484 e. The molecule has 2 unspecified atom stereocenters. The van der Waals surface area contributed by atoms with Crippen molar-refractivity contribution in [3.8, 4) is 5.75 Å². The fourth-order valence-electron chi connectivity index (χ4n) is 3.94. The maximum absolute atomic E-state index is 13.0. The van der Waals surface area contributed by atoms with Crippen molar-refractivity contribution in [1.82, 2.24) is 10.4 Å². The quantitative estimate of drug-likeness (QED) is 0.439. The maximum atomic E-state index is 13.0. The van der Waals surface area contributed by atoms with Crippen LogP contribution in [-0.4, -0.2) is 39.8 Å². The lowest BCUT2D eigenvalue weighted by Crippen LogP contribution is -2.47. The third-order valence-electron chi connectivity index (χ3n) is 5.83. The van der Waals surface area contributed by atoms with Gasteiger partial charge in [-0.3, -0.25) is 19.8 Å². The number of carbonyl (C=O) groups is 3. The summed E-state index contributed by atoms with van der Waals surface area (Å²) in [4.78, 5) is 48.6. The molecule has 1 fully saturated rings. The van der Waals surface area contributed by atoms with Crippen LogP contribution in [0.2, 0.25) is 0 Å². The van der Waals surface area contributed by atoms with Crippen molar-refractivity contribution in [3.05, 3.63) is 75.6 Å². The first kappa shape index (κ1) is 25.3. The average molecular weight is 511 g/mol. The highest BCUT2D eigenvalue weighted by molar-refractivity contribution is 8.01. The van der Waals surface area contributed by atoms with E-state index in [0.29, 0.717) is 17.3 Å². The smallest absolute Gasteiger partial charge is 0.336 e. The zero-order valence-electron chi connectivity index (χ0n) is 20.0. The van der Waals surface area contributed by atoms with Crippen LogP contribution < -0.4 is 15.8 Å². The minimum absolute atomic E-state index is 0.318. The first-order valence-corrected chi connectivity index (χ1v) is 12.3. The number of amides is 2. The Balaban J connectivity index is 1.48. The standard InChI is InChI=1S/C26H26N2O7S/c1-14(2)16-4-6-17(7-5-16)26-28(25(33)21(36-26)12-23(30)31)27-22(29)13-34-18-8-9-19-15(3)10-24(32)35-20(19)11-18/h4-11,14,21,26H,12-13H2,1-3H3,(H,27,29)(H,30,31). The van der Waals surface area contributed by atoms with E-state index in [0.717, 1.165) is 22.1 Å². The van der Waals surface area contributed by atoms with Gasteiger partial charge in [0.05, 0.1) is 11.7 Å². The maximum Gasteiger partial charge on any atom is 0.336 e. The van der Waals surface area contributed by atoms with E-state index in [2.05, 4.69) is 19.3 Å². The number of aryl methyl sites for hydroxylation is 1. The first-order valence-electron chi connectivity index (χ1n) is 11.4. The Kier molecular flexibility index (Phi) is 7.35. The number of carboxylic acids is 1. The molecule has 10 heteroatoms. The Hall–Kier alpha value is -3.79. The number of carboxylic acid groups (broad SMARTS) is 1. The largest absolute Gasteiger partial charge is 0.484 e. The number of nitrogens with one attached hydrogen (secondary N) is 1. The summed E-state index contributed by atoms with van der Waals surface area (Å²) < 4.78 is 10.8. The van der Waals surface area contributed by atoms with E-state index >= 15 is 0 Å². The second kappa shape index (κ2) is 10.4. The summed E-state index contributed by atoms with van der Waals surface area (Å²) in [6, 6.07) is 14.0. The molecule has 2 heterocycles. The SMILES string of the molecule is Cc1cc(=O)oc2cc(OCC(=O)NN3C(=O)C(CC(=O)O)SC3c3ccc(C(C)C)cc3)ccc12. The molecule has 1 aliphatic rings. The van der Waals surface area contributed by atoms with E-state index in [1.54, 1.807) is 19.1 Å². The summed E-state index contributed by atoms with van der Waals surface area (Å²) in [6.45, 7) is 5.53. The Bertz CT molecular complexity index is 1370. The molecule has 3 aromatic rings. The van der Waals surface area contributed by atoms with E-state index in [1.165, 1.54) is 28.9 Å². The molecule has 1 aromatic heterocycles. The number of rotatable bonds is 8. The van der Waals surface area contributed by atoms with Crippen LogP contribution >= 0.6 is 11.8 Å². The molecule has 0 aliphatic carbocycles. The number of hydrazine groups is 1. The predicted molar refractivity (Wildman–Crippen MR) is 135 cm³/mol. The summed E-state index contributed by atoms with van der Waals surface area (Å²) >= 11 is 1.18. The predicted octanol–water partition coefficient (Wildman–Crippen LogP) is 3.75. The van der Waals surface area contributed by atoms with E-state index < -0.39 is 40.6 Å². The highest BCUT2D eigenvalue weighted by Gasteiger charge is 2.43. The number of thioether (sulfide) groups is 1. The molecular weight excluding hydrogens is 484 g/mol. The van der Waals surface area contributed by atoms with Gasteiger partial charge in [-0.05, 0) is 41.7 Å². The van der Waals surface area contributed by atoms with Gasteiger partial charge in [0.15, 0.2) is 6.61 Å². The minimum atomic E-state index is -1.09. The van der Waals surface area contributed by atoms with Crippen LogP contribution in [0.25, 0.3) is 11.0 Å². The normalized spacial score (nSPS) is 17.6. The fourth-order valence-corrected chi connectivity index (χ4v) is 5.31. The number of aliphatic carboxylic acids is 1. The van der Waals surface area contributed by atoms with Gasteiger partial charge in [0, 0.05) is 17.5 Å². The average Bonchev–Trinajstić information content (AvgIpc) is 3.11. The summed E-state index contributed by atoms with van der Waals surface area (Å²) in [5, 5.41) is 9.74. The lowest BCUT2D eigenvalue weighted by molar-refractivity contribution is -0.144. The Labute approximate surface area is 211 Å². The number of carbonyl (C=O) groups excluding carboxylic acids is 2. The topological polar surface area (TPSA) is 126 Å². The first-order chi connectivity index (χ1) is 17.1. The van der Waals surface area contributed by atoms with Crippen LogP contribution in [0.1, 0.15) is 48.3 Å². The summed E-state index contributed by atoms with van der Waals surface area (Å²) in [7, 11) is 0. The van der Waals surface area contributed by atoms with Gasteiger partial charge in [-0.1, -0.05) is 38.1 Å². The molecule has 2 amide bonds. The zero-order valence-corrected chi connectivity index (χ0v) is 20.8. The number of benzene rings is 2. The van der Waals surface area contributed by atoms with Crippen molar-refractivity contribution in [3.63, 3.8) is 0 Å². The molecular formula is C26H26N2O7S. The van der Waals surface area contributed by atoms with Crippen LogP contribution in [0.5, 0.6) is 5.75 Å². The van der Waals surface area contributed by atoms with Crippen molar-refractivity contribution in [2.45, 2.75) is 43.7 Å². The number of fused-ring (bicyclic) bond motifs is 1. The third kappa shape index (κ3) is 5.54. The number of hydrogen-bond donors (Lipinski definition) is 2. The van der Waals surface area contributed by atoms with E-state index in [-0.39, 0.29) is 6.42 Å². The molecule has 2 aromatic carbocycles. The fraction of sp³-hybridized carbons (Fsp3) is 0.308. The molecule has 36 heavy (non-hydrogen) atoms. The number of ether oxygens (including phenoxy) is 1. The van der Waals surface area contributed by atoms with Crippen molar-refractivity contribution in [1.29, 1.82) is 0 Å². The van der Waals surface area contributed by atoms with Crippen molar-refractivity contribution < 1.29 is 28.6 Å². The van der Waals surface area contributed by atoms with Crippen LogP contribution in [0, 0.1) is 6.92 Å². The van der Waals surface area contributed by atoms with Gasteiger partial charge in [0.25, 0.3) is 11.8 Å². The van der Waals surface area contributed by atoms with Crippen LogP contribution in [0.3, 0.4) is 0 Å².